The standard InChI is InChI=1S/C17H25NO6/c1-11-15(17(20)21)8-14(24-11)9-18(3)16(19)12(2)23-10-13-6-4-5-7-22-13/h8,12-13H,4-7,9-10H2,1-3H3,(H,20,21)/t12-,13+/m1/s1. The lowest BCUT2D eigenvalue weighted by Crippen LogP contribution is -2.37. The summed E-state index contributed by atoms with van der Waals surface area (Å²) in [7, 11) is 1.64. The van der Waals surface area contributed by atoms with Gasteiger partial charge in [0.15, 0.2) is 0 Å². The highest BCUT2D eigenvalue weighted by Gasteiger charge is 2.23. The number of likely N-dealkylation sites (N-methyl/N-ethyl adjacent to an activating group) is 1. The second kappa shape index (κ2) is 8.30. The van der Waals surface area contributed by atoms with E-state index >= 15 is 0 Å². The minimum absolute atomic E-state index is 0.0603. The predicted octanol–water partition coefficient (Wildman–Crippen LogP) is 2.22. The van der Waals surface area contributed by atoms with E-state index in [1.165, 1.54) is 11.0 Å². The molecule has 7 nitrogen and oxygen atoms in total. The number of rotatable bonds is 7. The summed E-state index contributed by atoms with van der Waals surface area (Å²) in [5, 5.41) is 9.03. The van der Waals surface area contributed by atoms with Crippen LogP contribution in [-0.4, -0.2) is 54.4 Å². The van der Waals surface area contributed by atoms with Crippen molar-refractivity contribution in [3.63, 3.8) is 0 Å². The quantitative estimate of drug-likeness (QED) is 0.819. The maximum atomic E-state index is 12.3. The Kier molecular flexibility index (Phi) is 6.39. The maximum absolute atomic E-state index is 12.3. The van der Waals surface area contributed by atoms with Crippen LogP contribution >= 0.6 is 0 Å². The molecule has 1 aliphatic heterocycles. The monoisotopic (exact) mass is 339 g/mol. The summed E-state index contributed by atoms with van der Waals surface area (Å²) in [5.41, 5.74) is 0.115. The van der Waals surface area contributed by atoms with Crippen molar-refractivity contribution in [2.75, 3.05) is 20.3 Å². The van der Waals surface area contributed by atoms with E-state index in [2.05, 4.69) is 0 Å². The molecule has 0 radical (unpaired) electrons. The van der Waals surface area contributed by atoms with Gasteiger partial charge in [-0.25, -0.2) is 4.79 Å². The van der Waals surface area contributed by atoms with Gasteiger partial charge in [-0.2, -0.15) is 0 Å². The van der Waals surface area contributed by atoms with Crippen molar-refractivity contribution < 1.29 is 28.6 Å². The van der Waals surface area contributed by atoms with Crippen LogP contribution in [0.1, 0.15) is 48.1 Å². The molecular formula is C17H25NO6. The average molecular weight is 339 g/mol. The summed E-state index contributed by atoms with van der Waals surface area (Å²) in [5.74, 6) is -0.460. The molecule has 0 aliphatic carbocycles. The van der Waals surface area contributed by atoms with Gasteiger partial charge in [-0.1, -0.05) is 0 Å². The number of carboxylic acids is 1. The number of amides is 1. The molecule has 1 amide bonds. The van der Waals surface area contributed by atoms with E-state index in [4.69, 9.17) is 19.0 Å². The highest BCUT2D eigenvalue weighted by molar-refractivity contribution is 5.88. The van der Waals surface area contributed by atoms with Gasteiger partial charge in [0.1, 0.15) is 23.2 Å². The van der Waals surface area contributed by atoms with E-state index in [0.29, 0.717) is 18.1 Å². The van der Waals surface area contributed by atoms with Gasteiger partial charge in [0, 0.05) is 13.7 Å². The summed E-state index contributed by atoms with van der Waals surface area (Å²) in [4.78, 5) is 24.8. The number of furan rings is 1. The van der Waals surface area contributed by atoms with Crippen molar-refractivity contribution in [3.05, 3.63) is 23.2 Å². The Morgan fingerprint density at radius 3 is 2.79 bits per heavy atom. The number of nitrogens with zero attached hydrogens (tertiary/aromatic N) is 1. The van der Waals surface area contributed by atoms with E-state index < -0.39 is 12.1 Å². The smallest absolute Gasteiger partial charge is 0.339 e. The summed E-state index contributed by atoms with van der Waals surface area (Å²) >= 11 is 0. The minimum atomic E-state index is -1.04. The van der Waals surface area contributed by atoms with Gasteiger partial charge in [0.25, 0.3) is 5.91 Å². The number of carbonyl (C=O) groups is 2. The Bertz CT molecular complexity index is 576. The molecule has 2 rings (SSSR count). The number of carbonyl (C=O) groups excluding carboxylic acids is 1. The molecule has 2 heterocycles. The van der Waals surface area contributed by atoms with Crippen LogP contribution in [0, 0.1) is 6.92 Å². The van der Waals surface area contributed by atoms with Gasteiger partial charge in [-0.15, -0.1) is 0 Å². The Balaban J connectivity index is 1.84. The van der Waals surface area contributed by atoms with Crippen LogP contribution in [0.15, 0.2) is 10.5 Å². The fraction of sp³-hybridized carbons (Fsp3) is 0.647. The Labute approximate surface area is 141 Å². The first-order valence-electron chi connectivity index (χ1n) is 8.19. The van der Waals surface area contributed by atoms with E-state index in [9.17, 15) is 9.59 Å². The SMILES string of the molecule is Cc1oc(CN(C)C(=O)[C@@H](C)OC[C@@H]2CCCCO2)cc1C(=O)O. The first kappa shape index (κ1) is 18.5. The molecule has 0 saturated carbocycles. The topological polar surface area (TPSA) is 89.2 Å². The highest BCUT2D eigenvalue weighted by Crippen LogP contribution is 2.17. The average Bonchev–Trinajstić information content (AvgIpc) is 2.93. The number of hydrogen-bond acceptors (Lipinski definition) is 5. The van der Waals surface area contributed by atoms with Gasteiger partial charge >= 0.3 is 5.97 Å². The lowest BCUT2D eigenvalue weighted by molar-refractivity contribution is -0.145. The third-order valence-electron chi connectivity index (χ3n) is 4.12. The van der Waals surface area contributed by atoms with Crippen molar-refractivity contribution in [3.8, 4) is 0 Å². The minimum Gasteiger partial charge on any atom is -0.478 e. The molecule has 1 aromatic rings. The zero-order chi connectivity index (χ0) is 17.7. The van der Waals surface area contributed by atoms with Gasteiger partial charge < -0.3 is 23.9 Å². The zero-order valence-corrected chi connectivity index (χ0v) is 14.4. The lowest BCUT2D eigenvalue weighted by Gasteiger charge is -2.25. The Morgan fingerprint density at radius 1 is 1.46 bits per heavy atom. The Hall–Kier alpha value is -1.86. The fourth-order valence-electron chi connectivity index (χ4n) is 2.72. The van der Waals surface area contributed by atoms with E-state index in [0.717, 1.165) is 25.9 Å². The van der Waals surface area contributed by atoms with Crippen LogP contribution in [0.5, 0.6) is 0 Å². The molecule has 0 spiro atoms. The molecule has 134 valence electrons. The van der Waals surface area contributed by atoms with Crippen LogP contribution in [0.3, 0.4) is 0 Å². The van der Waals surface area contributed by atoms with Gasteiger partial charge in [-0.05, 0) is 39.2 Å². The van der Waals surface area contributed by atoms with Crippen LogP contribution < -0.4 is 0 Å². The van der Waals surface area contributed by atoms with Crippen LogP contribution in [0.25, 0.3) is 0 Å². The van der Waals surface area contributed by atoms with Crippen LogP contribution in [-0.2, 0) is 20.8 Å². The van der Waals surface area contributed by atoms with Crippen LogP contribution in [0.2, 0.25) is 0 Å². The number of carboxylic acid groups (broad SMARTS) is 1. The van der Waals surface area contributed by atoms with Crippen LogP contribution in [0.4, 0.5) is 0 Å². The molecule has 24 heavy (non-hydrogen) atoms. The van der Waals surface area contributed by atoms with E-state index in [-0.39, 0.29) is 24.1 Å². The second-order valence-corrected chi connectivity index (χ2v) is 6.15. The molecule has 0 unspecified atom stereocenters. The predicted molar refractivity (Wildman–Crippen MR) is 85.9 cm³/mol. The van der Waals surface area contributed by atoms with Crippen molar-refractivity contribution in [1.82, 2.24) is 4.90 Å². The first-order valence-corrected chi connectivity index (χ1v) is 8.19. The molecule has 0 bridgehead atoms. The third-order valence-corrected chi connectivity index (χ3v) is 4.12. The first-order chi connectivity index (χ1) is 11.4. The molecule has 1 N–H and O–H groups in total. The number of hydrogen-bond donors (Lipinski definition) is 1. The normalized spacial score (nSPS) is 19.0. The number of ether oxygens (including phenoxy) is 2. The summed E-state index contributed by atoms with van der Waals surface area (Å²) in [6.45, 7) is 4.65. The van der Waals surface area contributed by atoms with Crippen molar-refractivity contribution in [2.24, 2.45) is 0 Å². The number of aromatic carboxylic acids is 1. The van der Waals surface area contributed by atoms with E-state index in [1.807, 2.05) is 0 Å². The molecule has 2 atom stereocenters. The summed E-state index contributed by atoms with van der Waals surface area (Å²) in [6.07, 6.45) is 2.63. The highest BCUT2D eigenvalue weighted by atomic mass is 16.5. The molecular weight excluding hydrogens is 314 g/mol. The molecule has 1 aliphatic rings. The second-order valence-electron chi connectivity index (χ2n) is 6.15. The van der Waals surface area contributed by atoms with Gasteiger partial charge in [-0.3, -0.25) is 4.79 Å². The van der Waals surface area contributed by atoms with E-state index in [1.54, 1.807) is 20.9 Å². The zero-order valence-electron chi connectivity index (χ0n) is 14.4. The number of aryl methyl sites for hydroxylation is 1. The fourth-order valence-corrected chi connectivity index (χ4v) is 2.72. The van der Waals surface area contributed by atoms with Crippen molar-refractivity contribution in [1.29, 1.82) is 0 Å². The van der Waals surface area contributed by atoms with Gasteiger partial charge in [0.2, 0.25) is 0 Å². The van der Waals surface area contributed by atoms with Crippen molar-refractivity contribution in [2.45, 2.75) is 51.9 Å². The maximum Gasteiger partial charge on any atom is 0.339 e. The van der Waals surface area contributed by atoms with Gasteiger partial charge in [0.05, 0.1) is 19.3 Å². The molecule has 1 fully saturated rings. The third kappa shape index (κ3) is 4.82. The molecule has 0 aromatic carbocycles. The molecule has 1 saturated heterocycles. The Morgan fingerprint density at radius 2 is 2.21 bits per heavy atom. The largest absolute Gasteiger partial charge is 0.478 e. The lowest BCUT2D eigenvalue weighted by atomic mass is 10.1. The molecule has 7 heteroatoms. The summed E-state index contributed by atoms with van der Waals surface area (Å²) in [6, 6.07) is 1.45. The molecule has 1 aromatic heterocycles. The summed E-state index contributed by atoms with van der Waals surface area (Å²) < 4.78 is 16.6. The van der Waals surface area contributed by atoms with Crippen molar-refractivity contribution >= 4 is 11.9 Å².